The highest BCUT2D eigenvalue weighted by Crippen LogP contribution is 2.38. The van der Waals surface area contributed by atoms with Crippen molar-refractivity contribution in [2.75, 3.05) is 18.0 Å². The van der Waals surface area contributed by atoms with Crippen LogP contribution < -0.4 is 10.6 Å². The van der Waals surface area contributed by atoms with E-state index in [0.29, 0.717) is 12.6 Å². The van der Waals surface area contributed by atoms with Crippen molar-refractivity contribution in [3.8, 4) is 0 Å². The maximum Gasteiger partial charge on any atom is 0.0757 e. The van der Waals surface area contributed by atoms with Crippen LogP contribution in [-0.4, -0.2) is 13.1 Å². The maximum absolute atomic E-state index is 6.13. The van der Waals surface area contributed by atoms with Gasteiger partial charge in [0.15, 0.2) is 0 Å². The van der Waals surface area contributed by atoms with Gasteiger partial charge in [0.05, 0.1) is 6.04 Å². The van der Waals surface area contributed by atoms with E-state index in [4.69, 9.17) is 5.73 Å². The van der Waals surface area contributed by atoms with Crippen molar-refractivity contribution in [1.29, 1.82) is 0 Å². The lowest BCUT2D eigenvalue weighted by atomic mass is 9.95. The van der Waals surface area contributed by atoms with Crippen molar-refractivity contribution in [3.63, 3.8) is 0 Å². The third kappa shape index (κ3) is 2.72. The number of nitrogens with zero attached hydrogens (tertiary/aromatic N) is 1. The van der Waals surface area contributed by atoms with Crippen molar-refractivity contribution in [3.05, 3.63) is 51.7 Å². The van der Waals surface area contributed by atoms with Crippen molar-refractivity contribution in [1.82, 2.24) is 0 Å². The minimum Gasteiger partial charge on any atom is -0.362 e. The summed E-state index contributed by atoms with van der Waals surface area (Å²) in [5, 5.41) is 0. The number of hydrogen-bond donors (Lipinski definition) is 1. The second-order valence-electron chi connectivity index (χ2n) is 6.78. The predicted octanol–water partition coefficient (Wildman–Crippen LogP) is 4.11. The van der Waals surface area contributed by atoms with E-state index in [1.165, 1.54) is 21.0 Å². The Kier molecular flexibility index (Phi) is 3.80. The van der Waals surface area contributed by atoms with Gasteiger partial charge in [-0.3, -0.25) is 0 Å². The van der Waals surface area contributed by atoms with Gasteiger partial charge in [-0.15, -0.1) is 11.3 Å². The van der Waals surface area contributed by atoms with Crippen LogP contribution in [0, 0.1) is 0 Å². The zero-order chi connectivity index (χ0) is 15.0. The van der Waals surface area contributed by atoms with E-state index in [0.717, 1.165) is 13.0 Å². The molecular formula is C18H24N2S. The highest BCUT2D eigenvalue weighted by Gasteiger charge is 2.28. The van der Waals surface area contributed by atoms with Crippen LogP contribution in [-0.2, 0) is 11.8 Å². The van der Waals surface area contributed by atoms with Crippen LogP contribution >= 0.6 is 11.3 Å². The second-order valence-corrected chi connectivity index (χ2v) is 7.89. The summed E-state index contributed by atoms with van der Waals surface area (Å²) in [5.74, 6) is 0. The van der Waals surface area contributed by atoms with E-state index in [-0.39, 0.29) is 5.41 Å². The van der Waals surface area contributed by atoms with Gasteiger partial charge in [0.2, 0.25) is 0 Å². The molecule has 0 spiro atoms. The first-order valence-corrected chi connectivity index (χ1v) is 8.47. The molecule has 112 valence electrons. The molecular weight excluding hydrogens is 276 g/mol. The normalized spacial score (nSPS) is 16.1. The molecule has 3 rings (SSSR count). The molecule has 0 saturated heterocycles. The number of anilines is 1. The molecule has 1 aliphatic heterocycles. The van der Waals surface area contributed by atoms with Crippen molar-refractivity contribution in [2.24, 2.45) is 5.73 Å². The lowest BCUT2D eigenvalue weighted by Crippen LogP contribution is -2.31. The second kappa shape index (κ2) is 5.47. The molecule has 21 heavy (non-hydrogen) atoms. The van der Waals surface area contributed by atoms with Crippen LogP contribution in [0.25, 0.3) is 0 Å². The average molecular weight is 300 g/mol. The van der Waals surface area contributed by atoms with Gasteiger partial charge in [-0.05, 0) is 35.6 Å². The summed E-state index contributed by atoms with van der Waals surface area (Å²) < 4.78 is 0. The summed E-state index contributed by atoms with van der Waals surface area (Å²) in [6.45, 7) is 8.55. The molecule has 0 aliphatic carbocycles. The molecule has 2 N–H and O–H groups in total. The largest absolute Gasteiger partial charge is 0.362 e. The third-order valence-electron chi connectivity index (χ3n) is 4.22. The van der Waals surface area contributed by atoms with E-state index in [1.807, 2.05) is 11.3 Å². The third-order valence-corrected chi connectivity index (χ3v) is 5.83. The molecule has 0 bridgehead atoms. The minimum atomic E-state index is 0.213. The minimum absolute atomic E-state index is 0.213. The highest BCUT2D eigenvalue weighted by atomic mass is 32.1. The van der Waals surface area contributed by atoms with Gasteiger partial charge in [-0.2, -0.15) is 0 Å². The van der Waals surface area contributed by atoms with Gasteiger partial charge in [0.25, 0.3) is 0 Å². The molecule has 1 unspecified atom stereocenters. The molecule has 0 fully saturated rings. The summed E-state index contributed by atoms with van der Waals surface area (Å²) in [6.07, 6.45) is 1.13. The first-order chi connectivity index (χ1) is 10.0. The molecule has 0 saturated carbocycles. The number of rotatable bonds is 3. The Labute approximate surface area is 131 Å². The fourth-order valence-corrected chi connectivity index (χ4v) is 4.21. The molecule has 1 aromatic heterocycles. The van der Waals surface area contributed by atoms with Gasteiger partial charge in [-0.25, -0.2) is 0 Å². The lowest BCUT2D eigenvalue weighted by molar-refractivity contribution is 0.604. The molecule has 1 aliphatic rings. The summed E-state index contributed by atoms with van der Waals surface area (Å²) in [4.78, 5) is 5.30. The van der Waals surface area contributed by atoms with E-state index < -0.39 is 0 Å². The first-order valence-electron chi connectivity index (χ1n) is 7.65. The van der Waals surface area contributed by atoms with Crippen molar-refractivity contribution in [2.45, 2.75) is 38.6 Å². The van der Waals surface area contributed by atoms with Gasteiger partial charge in [0.1, 0.15) is 0 Å². The molecule has 2 heterocycles. The van der Waals surface area contributed by atoms with Crippen LogP contribution in [0.2, 0.25) is 0 Å². The van der Waals surface area contributed by atoms with E-state index in [2.05, 4.69) is 62.1 Å². The summed E-state index contributed by atoms with van der Waals surface area (Å²) in [6, 6.07) is 13.5. The Balaban J connectivity index is 1.91. The van der Waals surface area contributed by atoms with E-state index in [1.54, 1.807) is 0 Å². The molecule has 1 aromatic carbocycles. The molecule has 2 aromatic rings. The highest BCUT2D eigenvalue weighted by molar-refractivity contribution is 7.12. The van der Waals surface area contributed by atoms with Gasteiger partial charge in [0, 0.05) is 28.5 Å². The predicted molar refractivity (Wildman–Crippen MR) is 92.3 cm³/mol. The number of para-hydroxylation sites is 1. The SMILES string of the molecule is CC(C)(C)c1ccc(C(CN)N2CCc3ccccc32)s1. The zero-order valence-corrected chi connectivity index (χ0v) is 13.9. The van der Waals surface area contributed by atoms with Gasteiger partial charge in [-0.1, -0.05) is 39.0 Å². The van der Waals surface area contributed by atoms with Gasteiger partial charge < -0.3 is 10.6 Å². The number of fused-ring (bicyclic) bond motifs is 1. The lowest BCUT2D eigenvalue weighted by Gasteiger charge is -2.29. The number of benzene rings is 1. The van der Waals surface area contributed by atoms with E-state index >= 15 is 0 Å². The first kappa shape index (κ1) is 14.6. The molecule has 2 nitrogen and oxygen atoms in total. The van der Waals surface area contributed by atoms with Crippen LogP contribution in [0.15, 0.2) is 36.4 Å². The fraction of sp³-hybridized carbons (Fsp3) is 0.444. The Morgan fingerprint density at radius 2 is 1.95 bits per heavy atom. The zero-order valence-electron chi connectivity index (χ0n) is 13.1. The fourth-order valence-electron chi connectivity index (χ4n) is 3.02. The smallest absolute Gasteiger partial charge is 0.0757 e. The van der Waals surface area contributed by atoms with Crippen LogP contribution in [0.4, 0.5) is 5.69 Å². The topological polar surface area (TPSA) is 29.3 Å². The van der Waals surface area contributed by atoms with Crippen molar-refractivity contribution < 1.29 is 0 Å². The average Bonchev–Trinajstić information content (AvgIpc) is 3.07. The summed E-state index contributed by atoms with van der Waals surface area (Å²) >= 11 is 1.91. The van der Waals surface area contributed by atoms with Crippen LogP contribution in [0.1, 0.15) is 42.1 Å². The Bertz CT molecular complexity index is 624. The molecule has 1 atom stereocenters. The molecule has 0 amide bonds. The number of nitrogens with two attached hydrogens (primary N) is 1. The van der Waals surface area contributed by atoms with Crippen LogP contribution in [0.5, 0.6) is 0 Å². The Hall–Kier alpha value is -1.32. The molecule has 0 radical (unpaired) electrons. The standard InChI is InChI=1S/C18H24N2S/c1-18(2,3)17-9-8-16(21-17)15(12-19)20-11-10-13-6-4-5-7-14(13)20/h4-9,15H,10-12,19H2,1-3H3. The van der Waals surface area contributed by atoms with E-state index in [9.17, 15) is 0 Å². The Morgan fingerprint density at radius 1 is 1.19 bits per heavy atom. The van der Waals surface area contributed by atoms with Crippen LogP contribution in [0.3, 0.4) is 0 Å². The summed E-state index contributed by atoms with van der Waals surface area (Å²) in [7, 11) is 0. The Morgan fingerprint density at radius 3 is 2.62 bits per heavy atom. The number of hydrogen-bond acceptors (Lipinski definition) is 3. The summed E-state index contributed by atoms with van der Waals surface area (Å²) in [5.41, 5.74) is 9.15. The van der Waals surface area contributed by atoms with Crippen molar-refractivity contribution >= 4 is 17.0 Å². The maximum atomic E-state index is 6.13. The van der Waals surface area contributed by atoms with Gasteiger partial charge >= 0.3 is 0 Å². The monoisotopic (exact) mass is 300 g/mol. The molecule has 3 heteroatoms. The number of thiophene rings is 1. The quantitative estimate of drug-likeness (QED) is 0.924.